The van der Waals surface area contributed by atoms with Gasteiger partial charge in [-0.25, -0.2) is 0 Å². The number of anilines is 1. The quantitative estimate of drug-likeness (QED) is 0.602. The van der Waals surface area contributed by atoms with Gasteiger partial charge in [0.25, 0.3) is 0 Å². The summed E-state index contributed by atoms with van der Waals surface area (Å²) in [6, 6.07) is 6.17. The molecule has 1 aromatic heterocycles. The Labute approximate surface area is 167 Å². The number of hydrogen-bond donors (Lipinski definition) is 2. The summed E-state index contributed by atoms with van der Waals surface area (Å²) in [5.41, 5.74) is 3.23. The molecular formula is C20H29N5OS. The van der Waals surface area contributed by atoms with E-state index in [9.17, 15) is 0 Å². The molecule has 0 atom stereocenters. The average Bonchev–Trinajstić information content (AvgIpc) is 2.95. The number of H-pyrrole nitrogens is 1. The highest BCUT2D eigenvalue weighted by Crippen LogP contribution is 2.20. The first-order chi connectivity index (χ1) is 12.9. The standard InChI is InChI=1S/C11H13N3OS.C9H16N2/c12-8-9-10(2-3-13-11(9)16)14-4-1-6-15-7-5-14;1-7(2)6-11-9(4)8(3)5-10/h2-3H,1,4-7H2,(H,13,16);7,11H,6H2,1-4H3/b;9-8-. The van der Waals surface area contributed by atoms with Crippen LogP contribution >= 0.6 is 12.2 Å². The van der Waals surface area contributed by atoms with Crippen molar-refractivity contribution in [1.82, 2.24) is 10.3 Å². The van der Waals surface area contributed by atoms with Crippen LogP contribution in [-0.4, -0.2) is 37.8 Å². The molecule has 1 fully saturated rings. The van der Waals surface area contributed by atoms with Crippen molar-refractivity contribution in [3.8, 4) is 12.1 Å². The first kappa shape index (κ1) is 22.7. The highest BCUT2D eigenvalue weighted by molar-refractivity contribution is 7.71. The van der Waals surface area contributed by atoms with Crippen LogP contribution in [0.15, 0.2) is 23.5 Å². The van der Waals surface area contributed by atoms with Gasteiger partial charge in [0.2, 0.25) is 0 Å². The maximum atomic E-state index is 9.11. The molecule has 0 bridgehead atoms. The Morgan fingerprint density at radius 1 is 1.33 bits per heavy atom. The summed E-state index contributed by atoms with van der Waals surface area (Å²) in [5.74, 6) is 0.622. The number of pyridine rings is 1. The summed E-state index contributed by atoms with van der Waals surface area (Å²) in [7, 11) is 0. The molecular weight excluding hydrogens is 358 g/mol. The Morgan fingerprint density at radius 2 is 2.07 bits per heavy atom. The van der Waals surface area contributed by atoms with Gasteiger partial charge in [-0.3, -0.25) is 0 Å². The van der Waals surface area contributed by atoms with Crippen molar-refractivity contribution in [1.29, 1.82) is 10.5 Å². The van der Waals surface area contributed by atoms with Crippen LogP contribution in [0.25, 0.3) is 0 Å². The average molecular weight is 388 g/mol. The summed E-state index contributed by atoms with van der Waals surface area (Å²) in [4.78, 5) is 5.04. The molecule has 0 spiro atoms. The van der Waals surface area contributed by atoms with Gasteiger partial charge in [0.1, 0.15) is 16.3 Å². The van der Waals surface area contributed by atoms with Gasteiger partial charge in [-0.15, -0.1) is 0 Å². The zero-order chi connectivity index (χ0) is 20.2. The Bertz CT molecular complexity index is 762. The van der Waals surface area contributed by atoms with Crippen molar-refractivity contribution < 1.29 is 4.74 Å². The van der Waals surface area contributed by atoms with Crippen molar-refractivity contribution in [2.24, 2.45) is 5.92 Å². The van der Waals surface area contributed by atoms with Crippen molar-refractivity contribution in [2.45, 2.75) is 34.1 Å². The lowest BCUT2D eigenvalue weighted by molar-refractivity contribution is 0.152. The lowest BCUT2D eigenvalue weighted by Crippen LogP contribution is -2.26. The maximum absolute atomic E-state index is 9.11. The van der Waals surface area contributed by atoms with Crippen molar-refractivity contribution in [2.75, 3.05) is 37.7 Å². The molecule has 2 rings (SSSR count). The fourth-order valence-electron chi connectivity index (χ4n) is 2.40. The van der Waals surface area contributed by atoms with E-state index in [-0.39, 0.29) is 0 Å². The predicted octanol–water partition coefficient (Wildman–Crippen LogP) is 3.89. The lowest BCUT2D eigenvalue weighted by atomic mass is 10.2. The number of allylic oxidation sites excluding steroid dienone is 2. The minimum atomic E-state index is 0.505. The third kappa shape index (κ3) is 7.82. The summed E-state index contributed by atoms with van der Waals surface area (Å²) >= 11 is 5.11. The van der Waals surface area contributed by atoms with Crippen molar-refractivity contribution in [3.63, 3.8) is 0 Å². The first-order valence-electron chi connectivity index (χ1n) is 9.16. The number of aromatic amines is 1. The Kier molecular flexibility index (Phi) is 10.2. The normalized spacial score (nSPS) is 14.9. The van der Waals surface area contributed by atoms with Crippen LogP contribution < -0.4 is 10.2 Å². The Morgan fingerprint density at radius 3 is 2.70 bits per heavy atom. The van der Waals surface area contributed by atoms with E-state index in [0.29, 0.717) is 22.7 Å². The molecule has 1 saturated heterocycles. The minimum Gasteiger partial charge on any atom is -0.388 e. The number of ether oxygens (including phenoxy) is 1. The maximum Gasteiger partial charge on any atom is 0.123 e. The predicted molar refractivity (Wildman–Crippen MR) is 111 cm³/mol. The molecule has 1 aliphatic heterocycles. The van der Waals surface area contributed by atoms with E-state index < -0.39 is 0 Å². The molecule has 146 valence electrons. The van der Waals surface area contributed by atoms with Crippen LogP contribution in [-0.2, 0) is 4.74 Å². The largest absolute Gasteiger partial charge is 0.388 e. The number of aromatic nitrogens is 1. The molecule has 1 aliphatic rings. The van der Waals surface area contributed by atoms with E-state index in [4.69, 9.17) is 27.5 Å². The molecule has 0 saturated carbocycles. The van der Waals surface area contributed by atoms with Gasteiger partial charge in [0.15, 0.2) is 0 Å². The monoisotopic (exact) mass is 387 g/mol. The molecule has 2 N–H and O–H groups in total. The van der Waals surface area contributed by atoms with Crippen molar-refractivity contribution in [3.05, 3.63) is 33.7 Å². The highest BCUT2D eigenvalue weighted by atomic mass is 32.1. The van der Waals surface area contributed by atoms with Crippen LogP contribution in [0.4, 0.5) is 5.69 Å². The SMILES string of the molecule is C/C(C#N)=C(\C)NCC(C)C.N#Cc1c(N2CCCOCC2)cc[nH]c1=S. The molecule has 1 aromatic rings. The summed E-state index contributed by atoms with van der Waals surface area (Å²) in [6.07, 6.45) is 2.76. The fourth-order valence-corrected chi connectivity index (χ4v) is 2.62. The van der Waals surface area contributed by atoms with E-state index in [1.54, 1.807) is 6.20 Å². The number of nitrogens with one attached hydrogen (secondary N) is 2. The van der Waals surface area contributed by atoms with E-state index in [0.717, 1.165) is 49.6 Å². The van der Waals surface area contributed by atoms with E-state index in [1.807, 2.05) is 19.9 Å². The number of nitriles is 2. The van der Waals surface area contributed by atoms with Crippen molar-refractivity contribution >= 4 is 17.9 Å². The zero-order valence-corrected chi connectivity index (χ0v) is 17.4. The molecule has 0 amide bonds. The molecule has 27 heavy (non-hydrogen) atoms. The fraction of sp³-hybridized carbons (Fsp3) is 0.550. The van der Waals surface area contributed by atoms with Gasteiger partial charge >= 0.3 is 0 Å². The van der Waals surface area contributed by atoms with Gasteiger partial charge in [-0.1, -0.05) is 26.1 Å². The number of hydrogen-bond acceptors (Lipinski definition) is 6. The van der Waals surface area contributed by atoms with E-state index in [1.165, 1.54) is 0 Å². The molecule has 0 aliphatic carbocycles. The highest BCUT2D eigenvalue weighted by Gasteiger charge is 2.14. The van der Waals surface area contributed by atoms with Crippen LogP contribution in [0.5, 0.6) is 0 Å². The molecule has 2 heterocycles. The smallest absolute Gasteiger partial charge is 0.123 e. The van der Waals surface area contributed by atoms with Gasteiger partial charge in [0, 0.05) is 43.7 Å². The summed E-state index contributed by atoms with van der Waals surface area (Å²) in [6.45, 7) is 12.2. The number of nitrogens with zero attached hydrogens (tertiary/aromatic N) is 3. The zero-order valence-electron chi connectivity index (χ0n) is 16.6. The van der Waals surface area contributed by atoms with Crippen LogP contribution in [0.1, 0.15) is 39.7 Å². The lowest BCUT2D eigenvalue weighted by Gasteiger charge is -2.22. The van der Waals surface area contributed by atoms with Crippen LogP contribution in [0.2, 0.25) is 0 Å². The second kappa shape index (κ2) is 12.1. The van der Waals surface area contributed by atoms with E-state index >= 15 is 0 Å². The van der Waals surface area contributed by atoms with Gasteiger partial charge in [-0.05, 0) is 32.3 Å². The molecule has 6 nitrogen and oxygen atoms in total. The third-order valence-electron chi connectivity index (χ3n) is 4.12. The number of rotatable bonds is 4. The second-order valence-corrected chi connectivity index (χ2v) is 7.18. The van der Waals surface area contributed by atoms with E-state index in [2.05, 4.69) is 41.2 Å². The summed E-state index contributed by atoms with van der Waals surface area (Å²) in [5, 5.41) is 20.8. The van der Waals surface area contributed by atoms with Gasteiger partial charge in [0.05, 0.1) is 18.4 Å². The topological polar surface area (TPSA) is 87.9 Å². The molecule has 0 radical (unpaired) electrons. The molecule has 0 unspecified atom stereocenters. The third-order valence-corrected chi connectivity index (χ3v) is 4.44. The van der Waals surface area contributed by atoms with Crippen LogP contribution in [0, 0.1) is 33.2 Å². The van der Waals surface area contributed by atoms with Gasteiger partial charge < -0.3 is 19.9 Å². The second-order valence-electron chi connectivity index (χ2n) is 6.77. The summed E-state index contributed by atoms with van der Waals surface area (Å²) < 4.78 is 5.90. The van der Waals surface area contributed by atoms with Gasteiger partial charge in [-0.2, -0.15) is 10.5 Å². The Balaban J connectivity index is 0.000000293. The minimum absolute atomic E-state index is 0.505. The first-order valence-corrected chi connectivity index (χ1v) is 9.57. The van der Waals surface area contributed by atoms with Crippen LogP contribution in [0.3, 0.4) is 0 Å². The molecule has 7 heteroatoms. The Hall–Kier alpha value is -2.35. The molecule has 0 aromatic carbocycles.